The quantitative estimate of drug-likeness (QED) is 0.535. The third-order valence-electron chi connectivity index (χ3n) is 3.04. The summed E-state index contributed by atoms with van der Waals surface area (Å²) >= 11 is 0. The molecule has 2 heteroatoms. The molecule has 0 saturated heterocycles. The number of benzene rings is 3. The largest absolute Gasteiger partial charge is 0.234 e. The first-order valence-electron chi connectivity index (χ1n) is 6.96. The summed E-state index contributed by atoms with van der Waals surface area (Å²) in [5, 5.41) is 4.19. The van der Waals surface area contributed by atoms with E-state index in [-0.39, 0.29) is 0 Å². The van der Waals surface area contributed by atoms with Gasteiger partial charge in [-0.1, -0.05) is 91.0 Å². The zero-order valence-corrected chi connectivity index (χ0v) is 13.1. The maximum atomic E-state index is 8.57. The molecule has 0 spiro atoms. The minimum absolute atomic E-state index is 0.446. The third-order valence-corrected chi connectivity index (χ3v) is 5.49. The van der Waals surface area contributed by atoms with Crippen molar-refractivity contribution in [3.05, 3.63) is 97.6 Å². The summed E-state index contributed by atoms with van der Waals surface area (Å²) in [5.74, 6) is 1.25. The van der Waals surface area contributed by atoms with Crippen molar-refractivity contribution in [2.24, 2.45) is 0 Å². The van der Waals surface area contributed by atoms with Crippen molar-refractivity contribution in [3.63, 3.8) is 0 Å². The second-order valence-electron chi connectivity index (χ2n) is 4.49. The van der Waals surface area contributed by atoms with Gasteiger partial charge in [0.15, 0.2) is 0 Å². The molecular weight excluding hydrogens is 287 g/mol. The smallest absolute Gasteiger partial charge is 0.116 e. The Morgan fingerprint density at radius 3 is 1.05 bits per heavy atom. The van der Waals surface area contributed by atoms with Gasteiger partial charge < -0.3 is 0 Å². The predicted octanol–water partition coefficient (Wildman–Crippen LogP) is 3.45. The molecule has 108 valence electrons. The van der Waals surface area contributed by atoms with Crippen LogP contribution in [0.4, 0.5) is 0 Å². The lowest BCUT2D eigenvalue weighted by Crippen LogP contribution is -2.20. The first-order valence-corrected chi connectivity index (χ1v) is 8.30. The lowest BCUT2D eigenvalue weighted by molar-refractivity contribution is 0.569. The van der Waals surface area contributed by atoms with Crippen LogP contribution in [0.5, 0.6) is 0 Å². The Morgan fingerprint density at radius 2 is 0.818 bits per heavy atom. The van der Waals surface area contributed by atoms with Gasteiger partial charge in [-0.15, -0.1) is 0 Å². The second-order valence-corrected chi connectivity index (χ2v) is 6.71. The van der Waals surface area contributed by atoms with E-state index >= 15 is 0 Å². The molecule has 0 aliphatic rings. The van der Waals surface area contributed by atoms with E-state index < -0.39 is 7.92 Å². The molecule has 22 heavy (non-hydrogen) atoms. The molecule has 3 aromatic carbocycles. The van der Waals surface area contributed by atoms with Gasteiger partial charge in [0.1, 0.15) is 5.94 Å². The topological polar surface area (TPSA) is 17.1 Å². The van der Waals surface area contributed by atoms with Gasteiger partial charge in [-0.3, -0.25) is 0 Å². The third kappa shape index (κ3) is 4.27. The van der Waals surface area contributed by atoms with Crippen molar-refractivity contribution in [1.82, 2.24) is 0 Å². The maximum absolute atomic E-state index is 8.57. The molecule has 0 fully saturated rings. The highest BCUT2D eigenvalue weighted by atomic mass is 31.1. The van der Waals surface area contributed by atoms with Crippen LogP contribution in [-0.2, 0) is 4.79 Å². The van der Waals surface area contributed by atoms with Crippen molar-refractivity contribution >= 4 is 29.8 Å². The minimum Gasteiger partial charge on any atom is -0.234 e. The summed E-state index contributed by atoms with van der Waals surface area (Å²) in [6, 6.07) is 32.3. The number of hydrogen-bond donors (Lipinski definition) is 0. The monoisotopic (exact) mass is 304 g/mol. The maximum Gasteiger partial charge on any atom is 0.116 e. The Bertz CT molecular complexity index is 609. The number of carbonyl (C=O) groups excluding carboxylic acids is 1. The van der Waals surface area contributed by atoms with Crippen LogP contribution in [0, 0.1) is 0 Å². The van der Waals surface area contributed by atoms with Crippen molar-refractivity contribution in [1.29, 1.82) is 0 Å². The molecule has 3 aromatic rings. The van der Waals surface area contributed by atoms with Gasteiger partial charge >= 0.3 is 0 Å². The highest BCUT2D eigenvalue weighted by molar-refractivity contribution is 7.79. The van der Waals surface area contributed by atoms with Gasteiger partial charge in [0.05, 0.1) is 0 Å². The van der Waals surface area contributed by atoms with E-state index in [2.05, 4.69) is 97.6 Å². The van der Waals surface area contributed by atoms with E-state index in [4.69, 9.17) is 4.79 Å². The van der Waals surface area contributed by atoms with Gasteiger partial charge in [0, 0.05) is 0 Å². The Balaban J connectivity index is 0.000000545. The van der Waals surface area contributed by atoms with Crippen LogP contribution in [0.2, 0.25) is 0 Å². The molecule has 0 saturated carbocycles. The van der Waals surface area contributed by atoms with E-state index in [1.165, 1.54) is 21.9 Å². The van der Waals surface area contributed by atoms with Gasteiger partial charge in [-0.2, -0.15) is 0 Å². The Kier molecular flexibility index (Phi) is 6.33. The van der Waals surface area contributed by atoms with Crippen LogP contribution in [0.15, 0.2) is 97.6 Å². The van der Waals surface area contributed by atoms with Crippen LogP contribution in [0.3, 0.4) is 0 Å². The molecule has 0 radical (unpaired) electrons. The molecule has 1 nitrogen and oxygen atoms in total. The van der Waals surface area contributed by atoms with E-state index in [9.17, 15) is 0 Å². The number of hydrogen-bond acceptors (Lipinski definition) is 1. The molecule has 0 unspecified atom stereocenters. The van der Waals surface area contributed by atoms with E-state index in [1.807, 2.05) is 0 Å². The molecule has 0 N–H and O–H groups in total. The van der Waals surface area contributed by atoms with Crippen molar-refractivity contribution in [2.75, 3.05) is 0 Å². The zero-order chi connectivity index (χ0) is 15.6. The fourth-order valence-corrected chi connectivity index (χ4v) is 4.48. The summed E-state index contributed by atoms with van der Waals surface area (Å²) in [7, 11) is -0.446. The highest BCUT2D eigenvalue weighted by Gasteiger charge is 2.14. The van der Waals surface area contributed by atoms with E-state index in [0.29, 0.717) is 0 Å². The summed E-state index contributed by atoms with van der Waals surface area (Å²) in [4.78, 5) is 8.57. The molecule has 0 aliphatic carbocycles. The lowest BCUT2D eigenvalue weighted by atomic mass is 10.4. The van der Waals surface area contributed by atoms with Gasteiger partial charge in [-0.25, -0.2) is 4.79 Å². The van der Waals surface area contributed by atoms with E-state index in [0.717, 1.165) is 0 Å². The van der Waals surface area contributed by atoms with Crippen LogP contribution in [0.1, 0.15) is 0 Å². The second kappa shape index (κ2) is 8.74. The summed E-state index contributed by atoms with van der Waals surface area (Å²) in [5.41, 5.74) is 0. The van der Waals surface area contributed by atoms with Gasteiger partial charge in [0.25, 0.3) is 0 Å². The van der Waals surface area contributed by atoms with Crippen LogP contribution >= 0.6 is 7.92 Å². The van der Waals surface area contributed by atoms with Crippen molar-refractivity contribution in [2.45, 2.75) is 0 Å². The van der Waals surface area contributed by atoms with Crippen molar-refractivity contribution < 1.29 is 4.79 Å². The molecule has 0 bridgehead atoms. The predicted molar refractivity (Wildman–Crippen MR) is 96.5 cm³/mol. The van der Waals surface area contributed by atoms with E-state index in [1.54, 1.807) is 0 Å². The SMILES string of the molecule is C=C=O.c1ccc(P(c2ccccc2)c2ccccc2)cc1. The fourth-order valence-electron chi connectivity index (χ4n) is 2.18. The normalized spacial score (nSPS) is 9.50. The summed E-state index contributed by atoms with van der Waals surface area (Å²) < 4.78 is 0. The Morgan fingerprint density at radius 1 is 0.591 bits per heavy atom. The minimum atomic E-state index is -0.446. The molecule has 0 amide bonds. The molecule has 3 rings (SSSR count). The molecule has 0 heterocycles. The molecular formula is C20H17OP. The average molecular weight is 304 g/mol. The fraction of sp³-hybridized carbons (Fsp3) is 0. The molecule has 0 aliphatic heterocycles. The Hall–Kier alpha value is -2.46. The van der Waals surface area contributed by atoms with Crippen LogP contribution in [-0.4, -0.2) is 5.94 Å². The summed E-state index contributed by atoms with van der Waals surface area (Å²) in [6.45, 7) is 2.68. The average Bonchev–Trinajstić information content (AvgIpc) is 2.59. The molecule has 0 aromatic heterocycles. The Labute approximate surface area is 132 Å². The zero-order valence-electron chi connectivity index (χ0n) is 12.2. The highest BCUT2D eigenvalue weighted by Crippen LogP contribution is 2.32. The molecule has 0 atom stereocenters. The summed E-state index contributed by atoms with van der Waals surface area (Å²) in [6.07, 6.45) is 0. The van der Waals surface area contributed by atoms with Crippen LogP contribution < -0.4 is 15.9 Å². The van der Waals surface area contributed by atoms with Crippen molar-refractivity contribution in [3.8, 4) is 0 Å². The van der Waals surface area contributed by atoms with Crippen LogP contribution in [0.25, 0.3) is 0 Å². The lowest BCUT2D eigenvalue weighted by Gasteiger charge is -2.18. The first-order chi connectivity index (χ1) is 10.9. The van der Waals surface area contributed by atoms with Gasteiger partial charge in [0.2, 0.25) is 0 Å². The number of rotatable bonds is 3. The standard InChI is InChI=1S/C18H15P.C2H2O/c1-4-10-16(11-5-1)19(17-12-6-2-7-13-17)18-14-8-3-9-15-18;1-2-3/h1-15H;1H2. The first kappa shape index (κ1) is 15.9. The van der Waals surface area contributed by atoms with Gasteiger partial charge in [-0.05, 0) is 30.4 Å².